The highest BCUT2D eigenvalue weighted by atomic mass is 127. The van der Waals surface area contributed by atoms with Crippen LogP contribution in [0.4, 0.5) is 4.39 Å². The summed E-state index contributed by atoms with van der Waals surface area (Å²) in [6, 6.07) is 5.59. The Morgan fingerprint density at radius 1 is 1.39 bits per heavy atom. The average molecular weight is 394 g/mol. The zero-order valence-corrected chi connectivity index (χ0v) is 14.3. The Bertz CT molecular complexity index is 652. The lowest BCUT2D eigenvalue weighted by atomic mass is 10.2. The summed E-state index contributed by atoms with van der Waals surface area (Å²) < 4.78 is 15.4. The van der Waals surface area contributed by atoms with Crippen molar-refractivity contribution in [2.45, 2.75) is 0 Å². The fraction of sp³-hybridized carbons (Fsp3) is 0.250. The SMILES string of the molecule is CS(C)(C)C#Cc1ccc2c(c1)c(F)nn2PI. The largest absolute Gasteiger partial charge is 0.240 e. The van der Waals surface area contributed by atoms with Crippen LogP contribution in [0.1, 0.15) is 5.56 Å². The van der Waals surface area contributed by atoms with Crippen LogP contribution in [0.15, 0.2) is 18.2 Å². The molecule has 2 nitrogen and oxygen atoms in total. The monoisotopic (exact) mass is 394 g/mol. The van der Waals surface area contributed by atoms with Gasteiger partial charge in [0.15, 0.2) is 0 Å². The van der Waals surface area contributed by atoms with E-state index in [-0.39, 0.29) is 0 Å². The van der Waals surface area contributed by atoms with E-state index in [1.807, 2.05) is 12.1 Å². The second-order valence-corrected chi connectivity index (χ2v) is 10.5. The number of nitrogens with zero attached hydrogens (tertiary/aromatic N) is 2. The van der Waals surface area contributed by atoms with E-state index in [0.717, 1.165) is 11.1 Å². The molecule has 0 aliphatic carbocycles. The van der Waals surface area contributed by atoms with Gasteiger partial charge < -0.3 is 0 Å². The van der Waals surface area contributed by atoms with Crippen molar-refractivity contribution < 1.29 is 4.39 Å². The van der Waals surface area contributed by atoms with Crippen molar-refractivity contribution in [2.75, 3.05) is 18.8 Å². The standard InChI is InChI=1S/C12H13FIN2PS/c1-18(2,3)7-6-9-4-5-11-10(8-9)12(13)15-16(11)17-14/h4-5,8,17H,1-3H3. The van der Waals surface area contributed by atoms with Crippen molar-refractivity contribution in [2.24, 2.45) is 0 Å². The first-order valence-corrected chi connectivity index (χ1v) is 12.1. The summed E-state index contributed by atoms with van der Waals surface area (Å²) in [5.74, 6) is 2.70. The summed E-state index contributed by atoms with van der Waals surface area (Å²) >= 11 is 2.19. The Hall–Kier alpha value is -0.310. The zero-order valence-electron chi connectivity index (χ0n) is 10.3. The van der Waals surface area contributed by atoms with Crippen molar-refractivity contribution in [3.63, 3.8) is 0 Å². The summed E-state index contributed by atoms with van der Waals surface area (Å²) in [7, 11) is -0.861. The number of aromatic nitrogens is 2. The van der Waals surface area contributed by atoms with Gasteiger partial charge in [-0.05, 0) is 64.3 Å². The van der Waals surface area contributed by atoms with Crippen LogP contribution in [0, 0.1) is 17.1 Å². The normalized spacial score (nSPS) is 12.9. The summed E-state index contributed by atoms with van der Waals surface area (Å²) in [6.45, 7) is 0. The van der Waals surface area contributed by atoms with Gasteiger partial charge in [0.25, 0.3) is 0 Å². The molecule has 0 N–H and O–H groups in total. The molecule has 18 heavy (non-hydrogen) atoms. The van der Waals surface area contributed by atoms with Crippen LogP contribution in [0.25, 0.3) is 10.9 Å². The summed E-state index contributed by atoms with van der Waals surface area (Å²) in [5.41, 5.74) is 1.68. The summed E-state index contributed by atoms with van der Waals surface area (Å²) in [6.07, 6.45) is 6.80. The third-order valence-electron chi connectivity index (χ3n) is 2.22. The van der Waals surface area contributed by atoms with Gasteiger partial charge in [-0.3, -0.25) is 0 Å². The molecule has 0 amide bonds. The van der Waals surface area contributed by atoms with Gasteiger partial charge in [0.2, 0.25) is 5.95 Å². The van der Waals surface area contributed by atoms with E-state index < -0.39 is 16.0 Å². The Kier molecular flexibility index (Phi) is 4.20. The molecule has 0 bridgehead atoms. The van der Waals surface area contributed by atoms with Crippen LogP contribution >= 0.6 is 38.4 Å². The molecule has 0 spiro atoms. The fourth-order valence-electron chi connectivity index (χ4n) is 1.44. The lowest BCUT2D eigenvalue weighted by molar-refractivity contribution is 0.583. The molecule has 0 aliphatic rings. The quantitative estimate of drug-likeness (QED) is 0.407. The zero-order chi connectivity index (χ0) is 13.3. The Balaban J connectivity index is 2.50. The highest BCUT2D eigenvalue weighted by Crippen LogP contribution is 2.33. The van der Waals surface area contributed by atoms with E-state index in [1.54, 1.807) is 10.5 Å². The smallest absolute Gasteiger partial charge is 0.235 e. The maximum absolute atomic E-state index is 13.7. The number of fused-ring (bicyclic) bond motifs is 1. The summed E-state index contributed by atoms with van der Waals surface area (Å²) in [5, 5.41) is 7.65. The second kappa shape index (κ2) is 5.36. The highest BCUT2D eigenvalue weighted by molar-refractivity contribution is 14.2. The van der Waals surface area contributed by atoms with Gasteiger partial charge in [0, 0.05) is 5.56 Å². The first-order chi connectivity index (χ1) is 8.40. The second-order valence-electron chi connectivity index (χ2n) is 4.58. The Morgan fingerprint density at radius 3 is 2.72 bits per heavy atom. The minimum absolute atomic E-state index is 0.397. The van der Waals surface area contributed by atoms with E-state index in [4.69, 9.17) is 0 Å². The van der Waals surface area contributed by atoms with Crippen LogP contribution in [-0.2, 0) is 0 Å². The minimum Gasteiger partial charge on any atom is -0.235 e. The van der Waals surface area contributed by atoms with E-state index in [0.29, 0.717) is 11.8 Å². The first kappa shape index (κ1) is 14.1. The van der Waals surface area contributed by atoms with Crippen molar-refractivity contribution in [3.05, 3.63) is 29.7 Å². The topological polar surface area (TPSA) is 17.8 Å². The van der Waals surface area contributed by atoms with Gasteiger partial charge in [-0.25, -0.2) is 4.45 Å². The first-order valence-electron chi connectivity index (χ1n) is 5.17. The number of halogens is 2. The van der Waals surface area contributed by atoms with Gasteiger partial charge in [-0.1, -0.05) is 5.92 Å². The van der Waals surface area contributed by atoms with Crippen LogP contribution in [0.5, 0.6) is 0 Å². The molecule has 1 heterocycles. The third kappa shape index (κ3) is 3.17. The van der Waals surface area contributed by atoms with Crippen LogP contribution in [0.2, 0.25) is 0 Å². The molecule has 1 unspecified atom stereocenters. The van der Waals surface area contributed by atoms with Crippen molar-refractivity contribution >= 4 is 49.3 Å². The maximum Gasteiger partial charge on any atom is 0.240 e. The van der Waals surface area contributed by atoms with E-state index in [2.05, 4.69) is 57.1 Å². The minimum atomic E-state index is -0.861. The van der Waals surface area contributed by atoms with E-state index in [9.17, 15) is 4.39 Å². The Labute approximate surface area is 122 Å². The highest BCUT2D eigenvalue weighted by Gasteiger charge is 2.09. The molecular weight excluding hydrogens is 381 g/mol. The van der Waals surface area contributed by atoms with Crippen LogP contribution in [-0.4, -0.2) is 28.3 Å². The molecule has 0 fully saturated rings. The molecule has 1 aromatic carbocycles. The predicted octanol–water partition coefficient (Wildman–Crippen LogP) is 3.97. The van der Waals surface area contributed by atoms with Gasteiger partial charge in [0.05, 0.1) is 17.3 Å². The van der Waals surface area contributed by atoms with E-state index in [1.165, 1.54) is 0 Å². The number of benzene rings is 1. The van der Waals surface area contributed by atoms with E-state index >= 15 is 0 Å². The fourth-order valence-corrected chi connectivity index (χ4v) is 3.37. The van der Waals surface area contributed by atoms with Gasteiger partial charge in [0.1, 0.15) is 0 Å². The molecule has 0 saturated heterocycles. The lowest BCUT2D eigenvalue weighted by Crippen LogP contribution is -1.85. The molecule has 0 aliphatic heterocycles. The van der Waals surface area contributed by atoms with Gasteiger partial charge in [-0.15, -0.1) is 5.10 Å². The molecular formula is C12H13FIN2PS. The lowest BCUT2D eigenvalue weighted by Gasteiger charge is -2.14. The predicted molar refractivity (Wildman–Crippen MR) is 89.7 cm³/mol. The molecule has 1 atom stereocenters. The molecule has 96 valence electrons. The van der Waals surface area contributed by atoms with Crippen molar-refractivity contribution in [3.8, 4) is 11.2 Å². The Morgan fingerprint density at radius 2 is 2.11 bits per heavy atom. The number of hydrogen-bond acceptors (Lipinski definition) is 1. The summed E-state index contributed by atoms with van der Waals surface area (Å²) in [4.78, 5) is 0. The van der Waals surface area contributed by atoms with Crippen LogP contribution in [0.3, 0.4) is 0 Å². The molecule has 2 rings (SSSR count). The van der Waals surface area contributed by atoms with Crippen molar-refractivity contribution in [1.82, 2.24) is 9.55 Å². The van der Waals surface area contributed by atoms with Crippen molar-refractivity contribution in [1.29, 1.82) is 0 Å². The molecule has 2 aromatic rings. The number of rotatable bonds is 1. The molecule has 0 radical (unpaired) electrons. The maximum atomic E-state index is 13.7. The van der Waals surface area contributed by atoms with Gasteiger partial charge in [-0.2, -0.15) is 14.4 Å². The average Bonchev–Trinajstić information content (AvgIpc) is 2.62. The third-order valence-corrected chi connectivity index (χ3v) is 4.80. The molecule has 1 aromatic heterocycles. The molecule has 0 saturated carbocycles. The van der Waals surface area contributed by atoms with Gasteiger partial charge >= 0.3 is 0 Å². The number of hydrogen-bond donors (Lipinski definition) is 0. The van der Waals surface area contributed by atoms with Crippen LogP contribution < -0.4 is 0 Å². The molecule has 6 heteroatoms.